The molecule has 2 aromatic carbocycles. The van der Waals surface area contributed by atoms with Crippen LogP contribution in [0.2, 0.25) is 0 Å². The van der Waals surface area contributed by atoms with Crippen molar-refractivity contribution in [1.82, 2.24) is 10.3 Å². The molecule has 1 heterocycles. The number of rotatable bonds is 4. The van der Waals surface area contributed by atoms with Gasteiger partial charge in [-0.1, -0.05) is 24.3 Å². The molecule has 0 unspecified atom stereocenters. The zero-order valence-corrected chi connectivity index (χ0v) is 13.1. The van der Waals surface area contributed by atoms with Gasteiger partial charge in [0.1, 0.15) is 5.75 Å². The van der Waals surface area contributed by atoms with E-state index >= 15 is 0 Å². The minimum absolute atomic E-state index is 0.575. The van der Waals surface area contributed by atoms with Crippen molar-refractivity contribution in [2.75, 3.05) is 24.5 Å². The summed E-state index contributed by atoms with van der Waals surface area (Å²) in [5.74, 6) is 0.796. The molecule has 22 heavy (non-hydrogen) atoms. The van der Waals surface area contributed by atoms with Gasteiger partial charge < -0.3 is 20.8 Å². The summed E-state index contributed by atoms with van der Waals surface area (Å²) in [5.41, 5.74) is 6.67. The molecule has 0 bridgehead atoms. The van der Waals surface area contributed by atoms with E-state index in [1.165, 1.54) is 5.56 Å². The molecule has 114 valence electrons. The minimum atomic E-state index is 0.575. The molecule has 0 amide bonds. The Morgan fingerprint density at radius 2 is 2.14 bits per heavy atom. The molecule has 0 radical (unpaired) electrons. The van der Waals surface area contributed by atoms with Crippen LogP contribution in [0.1, 0.15) is 5.56 Å². The Kier molecular flexibility index (Phi) is 4.41. The second-order valence-corrected chi connectivity index (χ2v) is 5.40. The first kappa shape index (κ1) is 14.6. The minimum Gasteiger partial charge on any atom is -0.497 e. The summed E-state index contributed by atoms with van der Waals surface area (Å²) >= 11 is 5.32. The van der Waals surface area contributed by atoms with Gasteiger partial charge in [-0.15, -0.1) is 0 Å². The number of hydrazine groups is 1. The second kappa shape index (κ2) is 6.64. The van der Waals surface area contributed by atoms with E-state index in [0.29, 0.717) is 11.8 Å². The topological polar surface area (TPSA) is 48.6 Å². The van der Waals surface area contributed by atoms with Crippen LogP contribution in [0.15, 0.2) is 48.5 Å². The van der Waals surface area contributed by atoms with E-state index in [1.807, 2.05) is 36.4 Å². The van der Waals surface area contributed by atoms with Crippen LogP contribution in [0.25, 0.3) is 0 Å². The molecule has 0 atom stereocenters. The van der Waals surface area contributed by atoms with Gasteiger partial charge in [-0.2, -0.15) is 5.01 Å². The summed E-state index contributed by atoms with van der Waals surface area (Å²) in [5, 5.41) is 8.98. The number of benzene rings is 2. The molecule has 0 aliphatic carbocycles. The highest BCUT2D eigenvalue weighted by Crippen LogP contribution is 2.23. The highest BCUT2D eigenvalue weighted by atomic mass is 32.1. The van der Waals surface area contributed by atoms with Crippen LogP contribution in [0, 0.1) is 0 Å². The quantitative estimate of drug-likeness (QED) is 0.755. The molecule has 0 saturated carbocycles. The average molecular weight is 314 g/mol. The largest absolute Gasteiger partial charge is 0.497 e. The molecule has 3 rings (SSSR count). The Labute approximate surface area is 135 Å². The third-order valence-corrected chi connectivity index (χ3v) is 3.66. The number of methoxy groups -OCH3 is 1. The summed E-state index contributed by atoms with van der Waals surface area (Å²) in [7, 11) is 1.65. The van der Waals surface area contributed by atoms with E-state index in [-0.39, 0.29) is 0 Å². The number of fused-ring (bicyclic) bond motifs is 1. The predicted octanol–water partition coefficient (Wildman–Crippen LogP) is 2.78. The van der Waals surface area contributed by atoms with Crippen molar-refractivity contribution in [2.24, 2.45) is 0 Å². The third kappa shape index (κ3) is 3.47. The first-order valence-corrected chi connectivity index (χ1v) is 7.44. The molecule has 2 aromatic rings. The third-order valence-electron chi connectivity index (χ3n) is 3.42. The number of nitrogens with one attached hydrogen (secondary N) is 3. The van der Waals surface area contributed by atoms with Crippen molar-refractivity contribution in [3.8, 4) is 5.75 Å². The lowest BCUT2D eigenvalue weighted by atomic mass is 10.2. The summed E-state index contributed by atoms with van der Waals surface area (Å²) in [6.45, 7) is 1.47. The van der Waals surface area contributed by atoms with Gasteiger partial charge in [-0.3, -0.25) is 0 Å². The molecule has 3 N–H and O–H groups in total. The molecular formula is C16H18N4OS. The standard InChI is InChI=1S/C16H18N4OS/c1-21-14-7-4-6-13(9-14)18-16(22)17-11-20-10-12-5-2-3-8-15(12)19-20/h2-9,19H,10-11H2,1H3,(H2,17,18,22). The van der Waals surface area contributed by atoms with Crippen molar-refractivity contribution in [3.63, 3.8) is 0 Å². The summed E-state index contributed by atoms with van der Waals surface area (Å²) in [6.07, 6.45) is 0. The van der Waals surface area contributed by atoms with E-state index in [2.05, 4.69) is 33.2 Å². The monoisotopic (exact) mass is 314 g/mol. The van der Waals surface area contributed by atoms with Crippen molar-refractivity contribution in [1.29, 1.82) is 0 Å². The zero-order valence-electron chi connectivity index (χ0n) is 12.3. The molecular weight excluding hydrogens is 296 g/mol. The Balaban J connectivity index is 1.49. The lowest BCUT2D eigenvalue weighted by molar-refractivity contribution is 0.337. The zero-order chi connectivity index (χ0) is 15.4. The van der Waals surface area contributed by atoms with Crippen LogP contribution in [0.4, 0.5) is 11.4 Å². The van der Waals surface area contributed by atoms with Crippen molar-refractivity contribution in [2.45, 2.75) is 6.54 Å². The Hall–Kier alpha value is -2.31. The smallest absolute Gasteiger partial charge is 0.171 e. The van der Waals surface area contributed by atoms with Gasteiger partial charge in [-0.25, -0.2) is 0 Å². The van der Waals surface area contributed by atoms with Gasteiger partial charge in [0.15, 0.2) is 5.11 Å². The average Bonchev–Trinajstić information content (AvgIpc) is 2.96. The molecule has 5 nitrogen and oxygen atoms in total. The fourth-order valence-corrected chi connectivity index (χ4v) is 2.50. The SMILES string of the molecule is COc1cccc(NC(=S)NCN2Cc3ccccc3N2)c1. The lowest BCUT2D eigenvalue weighted by Gasteiger charge is -2.18. The van der Waals surface area contributed by atoms with Crippen LogP contribution >= 0.6 is 12.2 Å². The van der Waals surface area contributed by atoms with Crippen LogP contribution in [-0.2, 0) is 6.54 Å². The van der Waals surface area contributed by atoms with Gasteiger partial charge in [0, 0.05) is 18.3 Å². The molecule has 0 aromatic heterocycles. The van der Waals surface area contributed by atoms with Gasteiger partial charge in [0.2, 0.25) is 0 Å². The molecule has 0 fully saturated rings. The Morgan fingerprint density at radius 3 is 2.95 bits per heavy atom. The van der Waals surface area contributed by atoms with Crippen molar-refractivity contribution < 1.29 is 4.74 Å². The van der Waals surface area contributed by atoms with Gasteiger partial charge in [0.05, 0.1) is 19.5 Å². The lowest BCUT2D eigenvalue weighted by Crippen LogP contribution is -2.39. The number of ether oxygens (including phenoxy) is 1. The first-order valence-electron chi connectivity index (χ1n) is 7.03. The Morgan fingerprint density at radius 1 is 1.27 bits per heavy atom. The predicted molar refractivity (Wildman–Crippen MR) is 92.8 cm³/mol. The van der Waals surface area contributed by atoms with E-state index < -0.39 is 0 Å². The van der Waals surface area contributed by atoms with Crippen molar-refractivity contribution >= 4 is 28.7 Å². The fraction of sp³-hybridized carbons (Fsp3) is 0.188. The number of thiocarbonyl (C=S) groups is 1. The molecule has 1 aliphatic heterocycles. The maximum absolute atomic E-state index is 5.32. The van der Waals surface area contributed by atoms with Crippen LogP contribution < -0.4 is 20.8 Å². The normalized spacial score (nSPS) is 13.1. The van der Waals surface area contributed by atoms with Crippen molar-refractivity contribution in [3.05, 3.63) is 54.1 Å². The number of hydrogen-bond donors (Lipinski definition) is 3. The molecule has 1 aliphatic rings. The maximum atomic E-state index is 5.32. The summed E-state index contributed by atoms with van der Waals surface area (Å²) in [6, 6.07) is 15.9. The highest BCUT2D eigenvalue weighted by molar-refractivity contribution is 7.80. The van der Waals surface area contributed by atoms with E-state index in [1.54, 1.807) is 7.11 Å². The first-order chi connectivity index (χ1) is 10.7. The summed E-state index contributed by atoms with van der Waals surface area (Å²) < 4.78 is 5.19. The molecule has 0 saturated heterocycles. The van der Waals surface area contributed by atoms with E-state index in [0.717, 1.165) is 23.7 Å². The number of nitrogens with zero attached hydrogens (tertiary/aromatic N) is 1. The highest BCUT2D eigenvalue weighted by Gasteiger charge is 2.16. The second-order valence-electron chi connectivity index (χ2n) is 4.99. The van der Waals surface area contributed by atoms with E-state index in [4.69, 9.17) is 17.0 Å². The molecule has 6 heteroatoms. The van der Waals surface area contributed by atoms with Crippen LogP contribution in [0.5, 0.6) is 5.75 Å². The van der Waals surface area contributed by atoms with Gasteiger partial charge >= 0.3 is 0 Å². The van der Waals surface area contributed by atoms with Gasteiger partial charge in [-0.05, 0) is 36.0 Å². The van der Waals surface area contributed by atoms with Crippen LogP contribution in [-0.4, -0.2) is 23.9 Å². The Bertz CT molecular complexity index is 652. The number of hydrogen-bond acceptors (Lipinski definition) is 4. The summed E-state index contributed by atoms with van der Waals surface area (Å²) in [4.78, 5) is 0. The van der Waals surface area contributed by atoms with Gasteiger partial charge in [0.25, 0.3) is 0 Å². The van der Waals surface area contributed by atoms with Crippen LogP contribution in [0.3, 0.4) is 0 Å². The number of para-hydroxylation sites is 1. The molecule has 0 spiro atoms. The van der Waals surface area contributed by atoms with E-state index in [9.17, 15) is 0 Å². The number of anilines is 2. The maximum Gasteiger partial charge on any atom is 0.171 e. The fourth-order valence-electron chi connectivity index (χ4n) is 2.32.